The number of hydrogen-bond donors (Lipinski definition) is 0. The van der Waals surface area contributed by atoms with Crippen LogP contribution in [-0.2, 0) is 4.79 Å². The molecule has 2 aliphatic carbocycles. The number of carbonyl (C=O) groups is 1. The van der Waals surface area contributed by atoms with Gasteiger partial charge in [-0.3, -0.25) is 9.78 Å². The average Bonchev–Trinajstić information content (AvgIpc) is 3.00. The van der Waals surface area contributed by atoms with Crippen LogP contribution in [0.3, 0.4) is 0 Å². The highest BCUT2D eigenvalue weighted by atomic mass is 16.2. The molecule has 2 saturated carbocycles. The van der Waals surface area contributed by atoms with Crippen molar-refractivity contribution in [1.82, 2.24) is 9.88 Å². The summed E-state index contributed by atoms with van der Waals surface area (Å²) in [5.74, 6) is 3.33. The van der Waals surface area contributed by atoms with Crippen molar-refractivity contribution in [1.29, 1.82) is 0 Å². The summed E-state index contributed by atoms with van der Waals surface area (Å²) >= 11 is 0. The molecule has 106 valence electrons. The number of fused-ring (bicyclic) bond motifs is 2. The molecule has 1 aromatic rings. The summed E-state index contributed by atoms with van der Waals surface area (Å²) in [5, 5.41) is 0. The predicted molar refractivity (Wildman–Crippen MR) is 77.1 cm³/mol. The van der Waals surface area contributed by atoms with Crippen molar-refractivity contribution in [3.05, 3.63) is 30.1 Å². The summed E-state index contributed by atoms with van der Waals surface area (Å²) in [7, 11) is 0. The summed E-state index contributed by atoms with van der Waals surface area (Å²) in [5.41, 5.74) is 1.14. The number of carbonyl (C=O) groups excluding carboxylic acids is 1. The fraction of sp³-hybridized carbons (Fsp3) is 0.647. The normalized spacial score (nSPS) is 32.4. The van der Waals surface area contributed by atoms with Crippen molar-refractivity contribution >= 4 is 5.91 Å². The third kappa shape index (κ3) is 2.13. The van der Waals surface area contributed by atoms with Crippen molar-refractivity contribution < 1.29 is 4.79 Å². The van der Waals surface area contributed by atoms with E-state index in [4.69, 9.17) is 0 Å². The molecule has 3 nitrogen and oxygen atoms in total. The Labute approximate surface area is 120 Å². The summed E-state index contributed by atoms with van der Waals surface area (Å²) in [6, 6.07) is 6.05. The minimum absolute atomic E-state index is 0.384. The third-order valence-electron chi connectivity index (χ3n) is 5.66. The topological polar surface area (TPSA) is 33.2 Å². The van der Waals surface area contributed by atoms with Crippen molar-refractivity contribution in [2.45, 2.75) is 38.0 Å². The zero-order valence-corrected chi connectivity index (χ0v) is 11.9. The molecule has 3 heteroatoms. The summed E-state index contributed by atoms with van der Waals surface area (Å²) in [4.78, 5) is 18.8. The molecule has 3 unspecified atom stereocenters. The maximum absolute atomic E-state index is 12.3. The molecular weight excluding hydrogens is 248 g/mol. The standard InChI is InChI=1S/C17H22N2O/c20-17(9-14-8-12-4-5-13(14)7-12)19-10-15(11-19)16-3-1-2-6-18-16/h1-3,6,12-15H,4-5,7-11H2. The zero-order chi connectivity index (χ0) is 13.5. The van der Waals surface area contributed by atoms with Gasteiger partial charge in [0.15, 0.2) is 0 Å². The number of amides is 1. The summed E-state index contributed by atoms with van der Waals surface area (Å²) < 4.78 is 0. The Morgan fingerprint density at radius 1 is 1.25 bits per heavy atom. The van der Waals surface area contributed by atoms with Crippen LogP contribution < -0.4 is 0 Å². The first-order chi connectivity index (χ1) is 9.79. The highest BCUT2D eigenvalue weighted by molar-refractivity contribution is 5.77. The van der Waals surface area contributed by atoms with E-state index in [1.54, 1.807) is 0 Å². The van der Waals surface area contributed by atoms with Gasteiger partial charge in [0.05, 0.1) is 0 Å². The second-order valence-electron chi connectivity index (χ2n) is 6.89. The lowest BCUT2D eigenvalue weighted by Gasteiger charge is -2.40. The van der Waals surface area contributed by atoms with E-state index in [2.05, 4.69) is 11.1 Å². The summed E-state index contributed by atoms with van der Waals surface area (Å²) in [6.07, 6.45) is 8.15. The fourth-order valence-corrected chi connectivity index (χ4v) is 4.47. The highest BCUT2D eigenvalue weighted by Crippen LogP contribution is 2.49. The van der Waals surface area contributed by atoms with Gasteiger partial charge >= 0.3 is 0 Å². The Balaban J connectivity index is 1.29. The first-order valence-corrected chi connectivity index (χ1v) is 7.98. The van der Waals surface area contributed by atoms with Crippen LogP contribution in [0.2, 0.25) is 0 Å². The molecule has 1 amide bonds. The Morgan fingerprint density at radius 2 is 2.15 bits per heavy atom. The van der Waals surface area contributed by atoms with E-state index >= 15 is 0 Å². The van der Waals surface area contributed by atoms with Crippen LogP contribution in [0.4, 0.5) is 0 Å². The maximum atomic E-state index is 12.3. The predicted octanol–water partition coefficient (Wildman–Crippen LogP) is 2.83. The molecule has 0 aromatic carbocycles. The molecular formula is C17H22N2O. The minimum Gasteiger partial charge on any atom is -0.341 e. The van der Waals surface area contributed by atoms with Gasteiger partial charge in [-0.2, -0.15) is 0 Å². The Kier molecular flexibility index (Phi) is 3.01. The SMILES string of the molecule is O=C(CC1CC2CCC1C2)N1CC(c2ccccn2)C1. The van der Waals surface area contributed by atoms with Crippen LogP contribution >= 0.6 is 0 Å². The number of likely N-dealkylation sites (tertiary alicyclic amines) is 1. The van der Waals surface area contributed by atoms with Crippen LogP contribution in [-0.4, -0.2) is 28.9 Å². The van der Waals surface area contributed by atoms with E-state index in [-0.39, 0.29) is 0 Å². The van der Waals surface area contributed by atoms with Gasteiger partial charge < -0.3 is 4.90 Å². The molecule has 1 aliphatic heterocycles. The Morgan fingerprint density at radius 3 is 2.80 bits per heavy atom. The zero-order valence-electron chi connectivity index (χ0n) is 11.9. The van der Waals surface area contributed by atoms with Gasteiger partial charge in [0, 0.05) is 37.3 Å². The second kappa shape index (κ2) is 4.87. The molecule has 2 heterocycles. The monoisotopic (exact) mass is 270 g/mol. The van der Waals surface area contributed by atoms with Gasteiger partial charge in [-0.05, 0) is 49.1 Å². The van der Waals surface area contributed by atoms with E-state index in [1.807, 2.05) is 23.2 Å². The number of rotatable bonds is 3. The number of aromatic nitrogens is 1. The molecule has 3 fully saturated rings. The molecule has 1 saturated heterocycles. The summed E-state index contributed by atoms with van der Waals surface area (Å²) in [6.45, 7) is 1.74. The molecule has 3 atom stereocenters. The van der Waals surface area contributed by atoms with Gasteiger partial charge in [0.1, 0.15) is 0 Å². The van der Waals surface area contributed by atoms with E-state index in [0.29, 0.717) is 17.7 Å². The van der Waals surface area contributed by atoms with Gasteiger partial charge in [-0.25, -0.2) is 0 Å². The van der Waals surface area contributed by atoms with Gasteiger partial charge in [-0.15, -0.1) is 0 Å². The molecule has 0 radical (unpaired) electrons. The first kappa shape index (κ1) is 12.4. The van der Waals surface area contributed by atoms with Crippen LogP contribution in [0.1, 0.15) is 43.7 Å². The lowest BCUT2D eigenvalue weighted by Crippen LogP contribution is -2.49. The van der Waals surface area contributed by atoms with E-state index in [1.165, 1.54) is 25.7 Å². The van der Waals surface area contributed by atoms with E-state index < -0.39 is 0 Å². The first-order valence-electron chi connectivity index (χ1n) is 7.98. The number of nitrogens with zero attached hydrogens (tertiary/aromatic N) is 2. The largest absolute Gasteiger partial charge is 0.341 e. The Bertz CT molecular complexity index is 495. The third-order valence-corrected chi connectivity index (χ3v) is 5.66. The van der Waals surface area contributed by atoms with Crippen molar-refractivity contribution in [3.63, 3.8) is 0 Å². The highest BCUT2D eigenvalue weighted by Gasteiger charge is 2.42. The minimum atomic E-state index is 0.384. The average molecular weight is 270 g/mol. The fourth-order valence-electron chi connectivity index (χ4n) is 4.47. The smallest absolute Gasteiger partial charge is 0.222 e. The van der Waals surface area contributed by atoms with E-state index in [9.17, 15) is 4.79 Å². The van der Waals surface area contributed by atoms with Crippen molar-refractivity contribution in [3.8, 4) is 0 Å². The van der Waals surface area contributed by atoms with Crippen LogP contribution in [0, 0.1) is 17.8 Å². The van der Waals surface area contributed by atoms with Crippen LogP contribution in [0.15, 0.2) is 24.4 Å². The van der Waals surface area contributed by atoms with Crippen molar-refractivity contribution in [2.24, 2.45) is 17.8 Å². The molecule has 0 spiro atoms. The lowest BCUT2D eigenvalue weighted by molar-refractivity contribution is -0.137. The Hall–Kier alpha value is -1.38. The molecule has 2 bridgehead atoms. The number of hydrogen-bond acceptors (Lipinski definition) is 2. The van der Waals surface area contributed by atoms with Crippen LogP contribution in [0.25, 0.3) is 0 Å². The second-order valence-corrected chi connectivity index (χ2v) is 6.89. The molecule has 0 N–H and O–H groups in total. The van der Waals surface area contributed by atoms with Gasteiger partial charge in [0.2, 0.25) is 5.91 Å². The van der Waals surface area contributed by atoms with Gasteiger partial charge in [0.25, 0.3) is 0 Å². The van der Waals surface area contributed by atoms with Crippen molar-refractivity contribution in [2.75, 3.05) is 13.1 Å². The maximum Gasteiger partial charge on any atom is 0.222 e. The molecule has 3 aliphatic rings. The lowest BCUT2D eigenvalue weighted by atomic mass is 9.85. The molecule has 1 aromatic heterocycles. The number of pyridine rings is 1. The molecule has 4 rings (SSSR count). The van der Waals surface area contributed by atoms with Crippen LogP contribution in [0.5, 0.6) is 0 Å². The van der Waals surface area contributed by atoms with Gasteiger partial charge in [-0.1, -0.05) is 12.5 Å². The molecule has 20 heavy (non-hydrogen) atoms. The quantitative estimate of drug-likeness (QED) is 0.846. The van der Waals surface area contributed by atoms with E-state index in [0.717, 1.165) is 37.0 Å².